The number of benzene rings is 2. The highest BCUT2D eigenvalue weighted by atomic mass is 16.1. The van der Waals surface area contributed by atoms with E-state index in [9.17, 15) is 4.79 Å². The van der Waals surface area contributed by atoms with Crippen molar-refractivity contribution in [2.45, 2.75) is 13.5 Å². The van der Waals surface area contributed by atoms with Gasteiger partial charge in [-0.1, -0.05) is 29.8 Å². The normalized spacial score (nSPS) is 10.5. The number of aromatic nitrogens is 1. The predicted molar refractivity (Wildman–Crippen MR) is 84.1 cm³/mol. The molecule has 1 heterocycles. The fraction of sp³-hybridized carbons (Fsp3) is 0.111. The topological polar surface area (TPSA) is 42.0 Å². The lowest BCUT2D eigenvalue weighted by atomic mass is 10.1. The molecule has 104 valence electrons. The number of pyridine rings is 1. The fourth-order valence-electron chi connectivity index (χ4n) is 2.22. The molecule has 1 N–H and O–H groups in total. The first-order chi connectivity index (χ1) is 10.2. The van der Waals surface area contributed by atoms with Crippen molar-refractivity contribution < 1.29 is 4.79 Å². The Kier molecular flexibility index (Phi) is 3.65. The van der Waals surface area contributed by atoms with Gasteiger partial charge in [-0.2, -0.15) is 0 Å². The van der Waals surface area contributed by atoms with Gasteiger partial charge in [0.05, 0.1) is 5.52 Å². The molecule has 0 saturated heterocycles. The van der Waals surface area contributed by atoms with Crippen molar-refractivity contribution in [3.8, 4) is 0 Å². The van der Waals surface area contributed by atoms with Gasteiger partial charge >= 0.3 is 0 Å². The molecule has 3 nitrogen and oxygen atoms in total. The molecule has 3 aromatic rings. The number of carbonyl (C=O) groups is 1. The molecule has 0 bridgehead atoms. The van der Waals surface area contributed by atoms with Gasteiger partial charge in [0.2, 0.25) is 0 Å². The lowest BCUT2D eigenvalue weighted by Crippen LogP contribution is -2.22. The first-order valence-electron chi connectivity index (χ1n) is 6.91. The number of fused-ring (bicyclic) bond motifs is 1. The van der Waals surface area contributed by atoms with Crippen LogP contribution in [0.5, 0.6) is 0 Å². The number of aryl methyl sites for hydroxylation is 1. The van der Waals surface area contributed by atoms with Crippen LogP contribution in [-0.2, 0) is 6.54 Å². The highest BCUT2D eigenvalue weighted by molar-refractivity contribution is 5.94. The minimum Gasteiger partial charge on any atom is -0.348 e. The van der Waals surface area contributed by atoms with E-state index in [0.29, 0.717) is 12.1 Å². The Morgan fingerprint density at radius 3 is 2.71 bits per heavy atom. The van der Waals surface area contributed by atoms with Crippen LogP contribution in [0.4, 0.5) is 0 Å². The molecule has 0 aliphatic carbocycles. The zero-order valence-corrected chi connectivity index (χ0v) is 11.8. The summed E-state index contributed by atoms with van der Waals surface area (Å²) in [7, 11) is 0. The van der Waals surface area contributed by atoms with Gasteiger partial charge in [0.1, 0.15) is 0 Å². The highest BCUT2D eigenvalue weighted by Crippen LogP contribution is 2.13. The van der Waals surface area contributed by atoms with E-state index in [1.165, 1.54) is 0 Å². The van der Waals surface area contributed by atoms with Crippen LogP contribution in [0.2, 0.25) is 0 Å². The van der Waals surface area contributed by atoms with E-state index in [0.717, 1.165) is 22.0 Å². The highest BCUT2D eigenvalue weighted by Gasteiger charge is 2.05. The van der Waals surface area contributed by atoms with Crippen LogP contribution in [0.3, 0.4) is 0 Å². The molecule has 3 rings (SSSR count). The van der Waals surface area contributed by atoms with E-state index in [-0.39, 0.29) is 5.91 Å². The summed E-state index contributed by atoms with van der Waals surface area (Å²) < 4.78 is 0. The van der Waals surface area contributed by atoms with E-state index in [4.69, 9.17) is 0 Å². The summed E-state index contributed by atoms with van der Waals surface area (Å²) in [5.74, 6) is -0.0544. The van der Waals surface area contributed by atoms with E-state index in [1.807, 2.05) is 55.5 Å². The van der Waals surface area contributed by atoms with Crippen molar-refractivity contribution in [3.05, 3.63) is 77.5 Å². The number of hydrogen-bond donors (Lipinski definition) is 1. The molecular weight excluding hydrogens is 260 g/mol. The van der Waals surface area contributed by atoms with Crippen molar-refractivity contribution in [1.29, 1.82) is 0 Å². The van der Waals surface area contributed by atoms with E-state index in [1.54, 1.807) is 6.20 Å². The van der Waals surface area contributed by atoms with Crippen molar-refractivity contribution in [1.82, 2.24) is 10.3 Å². The lowest BCUT2D eigenvalue weighted by molar-refractivity contribution is 0.0951. The molecule has 1 aromatic heterocycles. The maximum absolute atomic E-state index is 12.1. The summed E-state index contributed by atoms with van der Waals surface area (Å²) in [6, 6.07) is 17.5. The Hall–Kier alpha value is -2.68. The smallest absolute Gasteiger partial charge is 0.251 e. The summed E-state index contributed by atoms with van der Waals surface area (Å²) >= 11 is 0. The molecule has 0 radical (unpaired) electrons. The van der Waals surface area contributed by atoms with Gasteiger partial charge in [-0.3, -0.25) is 9.78 Å². The van der Waals surface area contributed by atoms with Crippen LogP contribution < -0.4 is 5.32 Å². The zero-order chi connectivity index (χ0) is 14.7. The van der Waals surface area contributed by atoms with Gasteiger partial charge in [-0.15, -0.1) is 0 Å². The number of nitrogens with zero attached hydrogens (tertiary/aromatic N) is 1. The van der Waals surface area contributed by atoms with Gasteiger partial charge in [-0.05, 0) is 42.8 Å². The standard InChI is InChI=1S/C18H16N2O/c1-13-4-7-15(8-5-13)18(21)20-12-14-6-9-17-16(11-14)3-2-10-19-17/h2-11H,12H2,1H3,(H,20,21). The number of amides is 1. The first-order valence-corrected chi connectivity index (χ1v) is 6.91. The van der Waals surface area contributed by atoms with Gasteiger partial charge < -0.3 is 5.32 Å². The summed E-state index contributed by atoms with van der Waals surface area (Å²) in [4.78, 5) is 16.4. The third kappa shape index (κ3) is 3.08. The maximum Gasteiger partial charge on any atom is 0.251 e. The second kappa shape index (κ2) is 5.75. The lowest BCUT2D eigenvalue weighted by Gasteiger charge is -2.07. The molecule has 0 saturated carbocycles. The predicted octanol–water partition coefficient (Wildman–Crippen LogP) is 3.47. The molecule has 0 spiro atoms. The SMILES string of the molecule is Cc1ccc(C(=O)NCc2ccc3ncccc3c2)cc1. The summed E-state index contributed by atoms with van der Waals surface area (Å²) in [6.07, 6.45) is 1.78. The van der Waals surface area contributed by atoms with Gasteiger partial charge in [-0.25, -0.2) is 0 Å². The first kappa shape index (κ1) is 13.3. The van der Waals surface area contributed by atoms with Crippen molar-refractivity contribution in [2.75, 3.05) is 0 Å². The second-order valence-electron chi connectivity index (χ2n) is 5.08. The third-order valence-electron chi connectivity index (χ3n) is 3.43. The molecule has 0 aliphatic heterocycles. The molecule has 0 fully saturated rings. The monoisotopic (exact) mass is 276 g/mol. The van der Waals surface area contributed by atoms with E-state index >= 15 is 0 Å². The van der Waals surface area contributed by atoms with Crippen LogP contribution >= 0.6 is 0 Å². The van der Waals surface area contributed by atoms with Crippen LogP contribution in [0.15, 0.2) is 60.8 Å². The van der Waals surface area contributed by atoms with Crippen molar-refractivity contribution >= 4 is 16.8 Å². The third-order valence-corrected chi connectivity index (χ3v) is 3.43. The number of carbonyl (C=O) groups excluding carboxylic acids is 1. The molecular formula is C18H16N2O. The summed E-state index contributed by atoms with van der Waals surface area (Å²) in [5.41, 5.74) is 3.86. The molecule has 0 aliphatic rings. The molecule has 2 aromatic carbocycles. The molecule has 1 amide bonds. The molecule has 0 unspecified atom stereocenters. The minimum absolute atomic E-state index is 0.0544. The van der Waals surface area contributed by atoms with Crippen LogP contribution in [-0.4, -0.2) is 10.9 Å². The number of hydrogen-bond acceptors (Lipinski definition) is 2. The van der Waals surface area contributed by atoms with Gasteiger partial charge in [0.25, 0.3) is 5.91 Å². The average Bonchev–Trinajstić information content (AvgIpc) is 2.53. The summed E-state index contributed by atoms with van der Waals surface area (Å²) in [5, 5.41) is 4.02. The molecule has 21 heavy (non-hydrogen) atoms. The maximum atomic E-state index is 12.1. The van der Waals surface area contributed by atoms with Crippen LogP contribution in [0.25, 0.3) is 10.9 Å². The quantitative estimate of drug-likeness (QED) is 0.796. The van der Waals surface area contributed by atoms with Gasteiger partial charge in [0.15, 0.2) is 0 Å². The minimum atomic E-state index is -0.0544. The Morgan fingerprint density at radius 2 is 1.90 bits per heavy atom. The van der Waals surface area contributed by atoms with Crippen molar-refractivity contribution in [2.24, 2.45) is 0 Å². The fourth-order valence-corrected chi connectivity index (χ4v) is 2.22. The zero-order valence-electron chi connectivity index (χ0n) is 11.8. The average molecular weight is 276 g/mol. The van der Waals surface area contributed by atoms with Gasteiger partial charge in [0, 0.05) is 23.7 Å². The van der Waals surface area contributed by atoms with Crippen LogP contribution in [0, 0.1) is 6.92 Å². The van der Waals surface area contributed by atoms with Crippen molar-refractivity contribution in [3.63, 3.8) is 0 Å². The summed E-state index contributed by atoms with van der Waals surface area (Å²) in [6.45, 7) is 2.52. The Balaban J connectivity index is 1.71. The Morgan fingerprint density at radius 1 is 1.10 bits per heavy atom. The Labute approximate surface area is 123 Å². The largest absolute Gasteiger partial charge is 0.348 e. The van der Waals surface area contributed by atoms with E-state index in [2.05, 4.69) is 16.4 Å². The van der Waals surface area contributed by atoms with Crippen LogP contribution in [0.1, 0.15) is 21.5 Å². The second-order valence-corrected chi connectivity index (χ2v) is 5.08. The number of rotatable bonds is 3. The molecule has 3 heteroatoms. The Bertz CT molecular complexity index is 779. The van der Waals surface area contributed by atoms with E-state index < -0.39 is 0 Å². The molecule has 0 atom stereocenters. The number of nitrogens with one attached hydrogen (secondary N) is 1.